The van der Waals surface area contributed by atoms with E-state index >= 15 is 0 Å². The van der Waals surface area contributed by atoms with Crippen LogP contribution in [0.5, 0.6) is 69.0 Å². The molecule has 15 unspecified atom stereocenters. The number of ketones is 6. The molecule has 24 heteroatoms. The molecule has 0 spiro atoms. The van der Waals surface area contributed by atoms with Crippen LogP contribution < -0.4 is 56.8 Å². The van der Waals surface area contributed by atoms with Gasteiger partial charge in [-0.15, -0.1) is 0 Å². The number of nitrogens with zero attached hydrogens (tertiary/aromatic N) is 6. The lowest BCUT2D eigenvalue weighted by atomic mass is 9.79. The number of carbonyl (C=O) groups is 6. The smallest absolute Gasteiger partial charge is 0.161 e. The number of hydrogen-bond acceptors (Lipinski definition) is 24. The highest BCUT2D eigenvalue weighted by Crippen LogP contribution is 2.51. The summed E-state index contributed by atoms with van der Waals surface area (Å²) in [6.07, 6.45) is -41.3. The Bertz CT molecular complexity index is 9430. The second kappa shape index (κ2) is 50.0. The fourth-order valence-corrected chi connectivity index (χ4v) is 17.4. The Balaban J connectivity index is 0.000000220. The number of hydrogen-bond donors (Lipinski definition) is 0. The number of methoxy groups -OCH3 is 12. The van der Waals surface area contributed by atoms with Crippen LogP contribution in [0, 0.1) is 70.9 Å². The SMILES string of the molecule is [2H]C([2H])([2H])Oc1cc2c(cc1OC([2H])([2H])[2H])C([2H])([2H])C([2H])([2H])N1CC(C([2H])([2H])C([2H])(C([2H])([2H])[2H])C([2H])([2H])C)C(=O)CC21[2H].[2H]C([2H])([2H])Oc1cc2c(cc1OC([2H])([2H])[2H])C([2H])([2H])C([2H])([2H])N1CC(CC(C)C)C(=O)CC21[2H].[2H]C([2H])([2H])Oc1cc2c(cc1OC([2H])([2H])[2H])C1([2H])N(CC([2H])(CC(C)C)C(=O)C1([2H])[2H])C([2H])([2H])C2([2H])[2H].[2H]C([2H])([2H])Oc1cc2c(cc1OC([2H])([2H])[2H])C1CC(=O)C(C([2H])([2H])C([2H])(C([2H])([2H])[2H])C([2H])([2H])C)C([2H])([2H])N1CC2.[2H]C([2H])([2H])Oc1cc2c(cc1OC([2H])([2H])[2H])C1N(CC2)C([2H])([2H])C([2H])(C([2H])([2H])C([2H])(C([2H])([2H])[2H])C([2H])([2H])C)C(=O)C1([2H])[2H].[2H]C([2H])([2H])Oc1cc2c(cc1OC([2H])([2H])[2H])C1N(CC2)C([2H])([2H])C([2H])(CC(C)C)C(=O)C1([2H])[2H]. The minimum Gasteiger partial charge on any atom is -0.493 e. The van der Waals surface area contributed by atoms with E-state index in [-0.39, 0.29) is 109 Å². The summed E-state index contributed by atoms with van der Waals surface area (Å²) < 4.78 is 782. The maximum Gasteiger partial charge on any atom is 0.161 e. The molecule has 6 aromatic carbocycles. The summed E-state index contributed by atoms with van der Waals surface area (Å²) in [6, 6.07) is -1.18. The first-order chi connectivity index (χ1) is 102. The predicted octanol–water partition coefficient (Wildman–Crippen LogP) is 20.6. The summed E-state index contributed by atoms with van der Waals surface area (Å²) in [5, 5.41) is 0. The molecule has 12 heterocycles. The first-order valence-corrected chi connectivity index (χ1v) is 44.1. The summed E-state index contributed by atoms with van der Waals surface area (Å²) in [5.74, 6) is -40.1. The van der Waals surface area contributed by atoms with Gasteiger partial charge in [-0.05, 0) is 252 Å². The molecule has 0 aliphatic carbocycles. The average molecular weight is 2040 g/mol. The topological polar surface area (TPSA) is 233 Å². The van der Waals surface area contributed by atoms with Crippen LogP contribution in [0.1, 0.15) is 405 Å². The highest BCUT2D eigenvalue weighted by atomic mass is 16.5. The number of Topliss-reactive ketones (excluding diaryl/α,β-unsaturated/α-hetero) is 6. The van der Waals surface area contributed by atoms with Crippen molar-refractivity contribution in [3.8, 4) is 69.0 Å². The fraction of sp³-hybridized carbons (Fsp3) is 0.641. The van der Waals surface area contributed by atoms with Gasteiger partial charge in [0.15, 0.2) is 69.0 Å². The lowest BCUT2D eigenvalue weighted by molar-refractivity contribution is -0.130. The highest BCUT2D eigenvalue weighted by molar-refractivity contribution is 5.86. The number of piperidine rings is 6. The zero-order valence-electron chi connectivity index (χ0n) is 168. The molecule has 0 N–H and O–H groups in total. The molecule has 0 aromatic heterocycles. The lowest BCUT2D eigenvalue weighted by Gasteiger charge is -2.43. The molecule has 6 saturated heterocycles. The number of rotatable bonds is 27. The molecular weight excluding hydrogens is 1780 g/mol. The molecule has 15 atom stereocenters. The minimum atomic E-state index is -4.20. The molecule has 18 rings (SSSR count). The number of carbonyl (C=O) groups excluding carboxylic acids is 6. The third-order valence-electron chi connectivity index (χ3n) is 24.2. The van der Waals surface area contributed by atoms with Gasteiger partial charge in [0.1, 0.15) is 34.7 Å². The van der Waals surface area contributed by atoms with Crippen LogP contribution in [-0.2, 0) is 67.1 Å². The van der Waals surface area contributed by atoms with Crippen molar-refractivity contribution in [2.45, 2.75) is 253 Å². The molecule has 24 nitrogen and oxygen atoms in total. The van der Waals surface area contributed by atoms with Gasteiger partial charge < -0.3 is 56.8 Å². The van der Waals surface area contributed by atoms with E-state index in [9.17, 15) is 30.1 Å². The minimum absolute atomic E-state index is 0.0144. The monoisotopic (exact) mass is 2040 g/mol. The van der Waals surface area contributed by atoms with Crippen molar-refractivity contribution in [2.75, 3.05) is 163 Å². The summed E-state index contributed by atoms with van der Waals surface area (Å²) in [6.45, 7) is -19.9. The van der Waals surface area contributed by atoms with E-state index in [1.54, 1.807) is 27.7 Å². The van der Waals surface area contributed by atoms with Gasteiger partial charge in [0.25, 0.3) is 0 Å². The second-order valence-corrected chi connectivity index (χ2v) is 34.6. The fourth-order valence-electron chi connectivity index (χ4n) is 17.4. The van der Waals surface area contributed by atoms with Crippen molar-refractivity contribution >= 4 is 34.7 Å². The van der Waals surface area contributed by atoms with Crippen LogP contribution in [0.4, 0.5) is 0 Å². The molecule has 12 aliphatic heterocycles. The summed E-state index contributed by atoms with van der Waals surface area (Å²) in [5.41, 5.74) is -2.38. The molecule has 774 valence electrons. The number of ether oxygens (including phenoxy) is 12. The summed E-state index contributed by atoms with van der Waals surface area (Å²) >= 11 is 0. The molecule has 0 bridgehead atoms. The number of benzene rings is 6. The van der Waals surface area contributed by atoms with E-state index in [2.05, 4.69) is 0 Å². The van der Waals surface area contributed by atoms with Gasteiger partial charge in [0.05, 0.1) is 138 Å². The van der Waals surface area contributed by atoms with Crippen LogP contribution >= 0.6 is 0 Å². The second-order valence-electron chi connectivity index (χ2n) is 34.6. The van der Waals surface area contributed by atoms with E-state index in [0.29, 0.717) is 71.2 Å². The molecule has 141 heavy (non-hydrogen) atoms. The van der Waals surface area contributed by atoms with Crippen molar-refractivity contribution in [1.29, 1.82) is 0 Å². The number of fused-ring (bicyclic) bond motifs is 18. The van der Waals surface area contributed by atoms with Crippen molar-refractivity contribution in [1.82, 2.24) is 29.4 Å². The zero-order valence-corrected chi connectivity index (χ0v) is 77.8. The molecule has 6 aromatic rings. The van der Waals surface area contributed by atoms with Crippen molar-refractivity contribution in [3.05, 3.63) is 140 Å². The van der Waals surface area contributed by atoms with E-state index < -0.39 is 469 Å². The van der Waals surface area contributed by atoms with Gasteiger partial charge in [-0.1, -0.05) is 102 Å². The molecular formula is C117H168N6O18. The standard InChI is InChI=1S/3C20H29NO3.3C19H27NO3/c3*1-5-13(2)8-15-12-21-7-6-14-9-19(23-3)20(24-4)10-16(14)17(21)11-18(15)22;3*1-12(2)7-14-11-20-6-5-13-8-18(22-3)19(23-4)9-15(13)16(20)10-17(14)21/h3*9-10,13,15,17H,5-8,11-12H2,1-4H3;3*8-9,12,14,16H,5-7,10-11H2,1-4H3/i2D3,3D3,4D3,5D2,8D2,11D2,12D2,13D,15D;2D3,3D3,4D3,5D2,6D2,7D2,8D2,13D,17D;2D3,3D3,4D3,5D2,8D2,12D2,13D;3D3,4D3,5D2,6D2,10D2,14D,16D;3D3,4D3,10D2,11D2,14D;3D3,4D3,5D2,6D2,16D. The van der Waals surface area contributed by atoms with Crippen molar-refractivity contribution < 1.29 is 209 Å². The Morgan fingerprint density at radius 1 is 0.319 bits per heavy atom. The van der Waals surface area contributed by atoms with Gasteiger partial charge in [0, 0.05) is 258 Å². The molecule has 0 amide bonds. The van der Waals surface area contributed by atoms with E-state index in [4.69, 9.17) is 179 Å². The van der Waals surface area contributed by atoms with Crippen LogP contribution in [-0.4, -0.2) is 227 Å². The largest absolute Gasteiger partial charge is 0.493 e. The Labute approximate surface area is 969 Å². The third kappa shape index (κ3) is 25.6. The van der Waals surface area contributed by atoms with Crippen molar-refractivity contribution in [3.63, 3.8) is 0 Å². The van der Waals surface area contributed by atoms with Crippen LogP contribution in [0.25, 0.3) is 0 Å². The molecule has 6 fully saturated rings. The summed E-state index contributed by atoms with van der Waals surface area (Å²) in [4.78, 5) is 85.2. The Hall–Kier alpha value is -9.30. The average Bonchev–Trinajstić information content (AvgIpc) is 0.659. The van der Waals surface area contributed by atoms with Crippen LogP contribution in [0.3, 0.4) is 0 Å². The maximum atomic E-state index is 13.9. The quantitative estimate of drug-likeness (QED) is 0.0466. The van der Waals surface area contributed by atoms with Crippen LogP contribution in [0.2, 0.25) is 0 Å². The number of aryl methyl sites for hydroxylation is 3. The highest BCUT2D eigenvalue weighted by Gasteiger charge is 2.47. The zero-order chi connectivity index (χ0) is 180. The van der Waals surface area contributed by atoms with Crippen molar-refractivity contribution in [2.24, 2.45) is 70.9 Å². The molecule has 0 saturated carbocycles. The Morgan fingerprint density at radius 2 is 0.624 bits per heavy atom. The summed E-state index contributed by atoms with van der Waals surface area (Å²) in [7, 11) is -37.0. The Kier molecular flexibility index (Phi) is 14.6. The van der Waals surface area contributed by atoms with Gasteiger partial charge in [-0.3, -0.25) is 58.2 Å². The molecule has 0 radical (unpaired) electrons. The normalized spacial score (nSPS) is 44.1. The van der Waals surface area contributed by atoms with Gasteiger partial charge >= 0.3 is 0 Å². The first-order valence-electron chi connectivity index (χ1n) is 89.1. The van der Waals surface area contributed by atoms with E-state index in [0.717, 1.165) is 57.2 Å². The van der Waals surface area contributed by atoms with Gasteiger partial charge in [-0.2, -0.15) is 0 Å². The van der Waals surface area contributed by atoms with E-state index in [1.165, 1.54) is 12.1 Å². The van der Waals surface area contributed by atoms with Gasteiger partial charge in [-0.25, -0.2) is 0 Å². The lowest BCUT2D eigenvalue weighted by Crippen LogP contribution is -2.46. The van der Waals surface area contributed by atoms with Crippen LogP contribution in [0.15, 0.2) is 72.8 Å². The first kappa shape index (κ1) is 41.2. The van der Waals surface area contributed by atoms with Gasteiger partial charge in [0.2, 0.25) is 0 Å². The third-order valence-corrected chi connectivity index (χ3v) is 24.2. The van der Waals surface area contributed by atoms with E-state index in [1.807, 2.05) is 13.8 Å². The predicted molar refractivity (Wildman–Crippen MR) is 555 cm³/mol. The molecule has 12 aliphatic rings. The Morgan fingerprint density at radius 3 is 1.01 bits per heavy atom. The maximum absolute atomic E-state index is 13.9.